The Labute approximate surface area is 108 Å². The van der Waals surface area contributed by atoms with Gasteiger partial charge in [-0.2, -0.15) is 0 Å². The molecule has 0 saturated heterocycles. The first-order chi connectivity index (χ1) is 8.49. The van der Waals surface area contributed by atoms with Gasteiger partial charge in [0.15, 0.2) is 0 Å². The van der Waals surface area contributed by atoms with Gasteiger partial charge in [0.1, 0.15) is 5.69 Å². The van der Waals surface area contributed by atoms with Crippen LogP contribution < -0.4 is 11.1 Å². The Hall–Kier alpha value is -1.49. The van der Waals surface area contributed by atoms with Crippen molar-refractivity contribution in [3.8, 4) is 0 Å². The van der Waals surface area contributed by atoms with Crippen molar-refractivity contribution in [3.63, 3.8) is 0 Å². The smallest absolute Gasteiger partial charge is 0.268 e. The fourth-order valence-electron chi connectivity index (χ4n) is 1.73. The summed E-state index contributed by atoms with van der Waals surface area (Å²) in [6.45, 7) is 6.65. The lowest BCUT2D eigenvalue weighted by molar-refractivity contribution is 0.0906. The first-order valence-corrected chi connectivity index (χ1v) is 6.37. The number of hydrogen-bond donors (Lipinski definition) is 3. The van der Waals surface area contributed by atoms with Gasteiger partial charge in [-0.1, -0.05) is 13.8 Å². The average Bonchev–Trinajstić information content (AvgIpc) is 2.69. The van der Waals surface area contributed by atoms with E-state index in [-0.39, 0.29) is 24.5 Å². The minimum Gasteiger partial charge on any atom is -0.397 e. The van der Waals surface area contributed by atoms with Crippen LogP contribution in [-0.2, 0) is 6.54 Å². The lowest BCUT2D eigenvalue weighted by Crippen LogP contribution is -2.39. The maximum atomic E-state index is 12.1. The van der Waals surface area contributed by atoms with E-state index in [9.17, 15) is 4.79 Å². The number of nitrogens with two attached hydrogens (primary N) is 1. The van der Waals surface area contributed by atoms with E-state index in [1.807, 2.05) is 25.3 Å². The number of anilines is 1. The van der Waals surface area contributed by atoms with Gasteiger partial charge >= 0.3 is 0 Å². The number of carbonyl (C=O) groups excluding carboxylic acids is 1. The molecule has 102 valence electrons. The Morgan fingerprint density at radius 3 is 2.78 bits per heavy atom. The SMILES string of the molecule is CCCn1cc(N)cc1C(=O)NC(C)C(C)CO. The van der Waals surface area contributed by atoms with E-state index < -0.39 is 0 Å². The third kappa shape index (κ3) is 3.50. The number of amides is 1. The molecule has 0 aliphatic carbocycles. The number of hydrogen-bond acceptors (Lipinski definition) is 3. The van der Waals surface area contributed by atoms with Crippen molar-refractivity contribution in [3.05, 3.63) is 18.0 Å². The first kappa shape index (κ1) is 14.6. The van der Waals surface area contributed by atoms with Crippen LogP contribution in [0.4, 0.5) is 5.69 Å². The Kier molecular flexibility index (Phi) is 5.22. The summed E-state index contributed by atoms with van der Waals surface area (Å²) in [7, 11) is 0. The Bertz CT molecular complexity index is 401. The second-order valence-corrected chi connectivity index (χ2v) is 4.77. The highest BCUT2D eigenvalue weighted by atomic mass is 16.3. The number of aromatic nitrogens is 1. The lowest BCUT2D eigenvalue weighted by atomic mass is 10.1. The quantitative estimate of drug-likeness (QED) is 0.713. The molecule has 1 amide bonds. The molecule has 5 nitrogen and oxygen atoms in total. The van der Waals surface area contributed by atoms with Gasteiger partial charge in [0.05, 0.1) is 5.69 Å². The maximum Gasteiger partial charge on any atom is 0.268 e. The molecule has 0 saturated carbocycles. The van der Waals surface area contributed by atoms with Gasteiger partial charge in [-0.05, 0) is 25.3 Å². The topological polar surface area (TPSA) is 80.3 Å². The summed E-state index contributed by atoms with van der Waals surface area (Å²) in [5.74, 6) is -0.117. The fraction of sp³-hybridized carbons (Fsp3) is 0.615. The summed E-state index contributed by atoms with van der Waals surface area (Å²) < 4.78 is 1.86. The summed E-state index contributed by atoms with van der Waals surface area (Å²) in [5, 5.41) is 11.9. The number of aliphatic hydroxyl groups excluding tert-OH is 1. The molecule has 0 aliphatic rings. The summed E-state index contributed by atoms with van der Waals surface area (Å²) in [5.41, 5.74) is 6.89. The predicted molar refractivity (Wildman–Crippen MR) is 72.3 cm³/mol. The van der Waals surface area contributed by atoms with Crippen LogP contribution >= 0.6 is 0 Å². The second kappa shape index (κ2) is 6.44. The van der Waals surface area contributed by atoms with E-state index in [1.54, 1.807) is 12.3 Å². The monoisotopic (exact) mass is 253 g/mol. The van der Waals surface area contributed by atoms with Crippen molar-refractivity contribution < 1.29 is 9.90 Å². The molecule has 1 heterocycles. The molecule has 5 heteroatoms. The molecule has 0 fully saturated rings. The highest BCUT2D eigenvalue weighted by molar-refractivity contribution is 5.94. The van der Waals surface area contributed by atoms with Crippen LogP contribution in [0.15, 0.2) is 12.3 Å². The van der Waals surface area contributed by atoms with Gasteiger partial charge in [-0.15, -0.1) is 0 Å². The third-order valence-electron chi connectivity index (χ3n) is 3.12. The normalized spacial score (nSPS) is 14.2. The Balaban J connectivity index is 2.77. The molecule has 1 aromatic rings. The van der Waals surface area contributed by atoms with E-state index in [0.29, 0.717) is 11.4 Å². The van der Waals surface area contributed by atoms with Crippen molar-refractivity contribution in [2.45, 2.75) is 39.8 Å². The summed E-state index contributed by atoms with van der Waals surface area (Å²) in [6, 6.07) is 1.61. The molecule has 0 bridgehead atoms. The number of rotatable bonds is 6. The van der Waals surface area contributed by atoms with Gasteiger partial charge in [0, 0.05) is 25.4 Å². The number of aliphatic hydroxyl groups is 1. The zero-order valence-corrected chi connectivity index (χ0v) is 11.3. The molecule has 0 radical (unpaired) electrons. The first-order valence-electron chi connectivity index (χ1n) is 6.37. The van der Waals surface area contributed by atoms with E-state index >= 15 is 0 Å². The molecule has 1 aromatic heterocycles. The maximum absolute atomic E-state index is 12.1. The van der Waals surface area contributed by atoms with Gasteiger partial charge in [-0.3, -0.25) is 4.79 Å². The average molecular weight is 253 g/mol. The highest BCUT2D eigenvalue weighted by Gasteiger charge is 2.18. The van der Waals surface area contributed by atoms with Crippen molar-refractivity contribution in [1.82, 2.24) is 9.88 Å². The minimum absolute atomic E-state index is 0.0286. The van der Waals surface area contributed by atoms with Crippen LogP contribution in [0.25, 0.3) is 0 Å². The molecular weight excluding hydrogens is 230 g/mol. The molecule has 0 spiro atoms. The molecule has 2 unspecified atom stereocenters. The number of nitrogens with one attached hydrogen (secondary N) is 1. The van der Waals surface area contributed by atoms with E-state index in [0.717, 1.165) is 13.0 Å². The summed E-state index contributed by atoms with van der Waals surface area (Å²) >= 11 is 0. The van der Waals surface area contributed by atoms with Gasteiger partial charge in [0.2, 0.25) is 0 Å². The van der Waals surface area contributed by atoms with Crippen molar-refractivity contribution in [1.29, 1.82) is 0 Å². The molecule has 2 atom stereocenters. The number of nitrogens with zero attached hydrogens (tertiary/aromatic N) is 1. The molecule has 0 aromatic carbocycles. The standard InChI is InChI=1S/C13H23N3O2/c1-4-5-16-7-11(14)6-12(16)13(18)15-10(3)9(2)8-17/h6-7,9-10,17H,4-5,8,14H2,1-3H3,(H,15,18). The van der Waals surface area contributed by atoms with Crippen LogP contribution in [0.1, 0.15) is 37.7 Å². The molecule has 18 heavy (non-hydrogen) atoms. The number of nitrogen functional groups attached to an aromatic ring is 1. The highest BCUT2D eigenvalue weighted by Crippen LogP contribution is 2.12. The zero-order chi connectivity index (χ0) is 13.7. The molecule has 0 aliphatic heterocycles. The predicted octanol–water partition coefficient (Wildman–Crippen LogP) is 1.23. The largest absolute Gasteiger partial charge is 0.397 e. The summed E-state index contributed by atoms with van der Waals surface area (Å²) in [4.78, 5) is 12.1. The van der Waals surface area contributed by atoms with Crippen LogP contribution in [0.3, 0.4) is 0 Å². The fourth-order valence-corrected chi connectivity index (χ4v) is 1.73. The van der Waals surface area contributed by atoms with E-state index in [4.69, 9.17) is 10.8 Å². The van der Waals surface area contributed by atoms with Crippen LogP contribution in [0, 0.1) is 5.92 Å². The van der Waals surface area contributed by atoms with Crippen molar-refractivity contribution in [2.24, 2.45) is 5.92 Å². The van der Waals surface area contributed by atoms with Crippen LogP contribution in [0.2, 0.25) is 0 Å². The number of aryl methyl sites for hydroxylation is 1. The zero-order valence-electron chi connectivity index (χ0n) is 11.3. The van der Waals surface area contributed by atoms with Crippen molar-refractivity contribution in [2.75, 3.05) is 12.3 Å². The van der Waals surface area contributed by atoms with Gasteiger partial charge in [0.25, 0.3) is 5.91 Å². The van der Waals surface area contributed by atoms with E-state index in [1.165, 1.54) is 0 Å². The van der Waals surface area contributed by atoms with Crippen LogP contribution in [0.5, 0.6) is 0 Å². The summed E-state index contributed by atoms with van der Waals surface area (Å²) in [6.07, 6.45) is 2.72. The second-order valence-electron chi connectivity index (χ2n) is 4.77. The molecular formula is C13H23N3O2. The van der Waals surface area contributed by atoms with E-state index in [2.05, 4.69) is 5.32 Å². The lowest BCUT2D eigenvalue weighted by Gasteiger charge is -2.19. The van der Waals surface area contributed by atoms with Gasteiger partial charge < -0.3 is 20.7 Å². The van der Waals surface area contributed by atoms with Crippen molar-refractivity contribution >= 4 is 11.6 Å². The molecule has 1 rings (SSSR count). The Morgan fingerprint density at radius 1 is 1.56 bits per heavy atom. The third-order valence-corrected chi connectivity index (χ3v) is 3.12. The minimum atomic E-state index is -0.145. The molecule has 4 N–H and O–H groups in total. The number of carbonyl (C=O) groups is 1. The Morgan fingerprint density at radius 2 is 2.22 bits per heavy atom. The van der Waals surface area contributed by atoms with Crippen LogP contribution in [-0.4, -0.2) is 28.2 Å². The van der Waals surface area contributed by atoms with Gasteiger partial charge in [-0.25, -0.2) is 0 Å².